The van der Waals surface area contributed by atoms with Crippen LogP contribution in [0, 0.1) is 0 Å². The summed E-state index contributed by atoms with van der Waals surface area (Å²) in [5, 5.41) is 8.21. The Morgan fingerprint density at radius 3 is 2.92 bits per heavy atom. The average molecular weight is 320 g/mol. The first-order chi connectivity index (χ1) is 11.8. The minimum absolute atomic E-state index is 0.780. The van der Waals surface area contributed by atoms with E-state index in [1.807, 2.05) is 12.3 Å². The quantitative estimate of drug-likeness (QED) is 0.448. The zero-order valence-electron chi connectivity index (χ0n) is 14.4. The van der Waals surface area contributed by atoms with Crippen molar-refractivity contribution in [2.75, 3.05) is 6.61 Å². The van der Waals surface area contributed by atoms with Gasteiger partial charge in [-0.2, -0.15) is 5.10 Å². The number of unbranched alkanes of at least 4 members (excludes halogenated alkanes) is 1. The van der Waals surface area contributed by atoms with Crippen LogP contribution in [0.3, 0.4) is 0 Å². The molecule has 3 rings (SSSR count). The van der Waals surface area contributed by atoms with Crippen molar-refractivity contribution in [3.05, 3.63) is 59.8 Å². The monoisotopic (exact) mass is 320 g/mol. The van der Waals surface area contributed by atoms with Crippen molar-refractivity contribution < 1.29 is 4.74 Å². The standard InChI is InChI=1S/C21H24N2O/c1-3-5-11-24-20-8-6-7-18(14-20)17(4-2)12-16-9-10-21-19(13-16)15-22-23-21/h6-10,12-15H,3-5,11H2,1-2H3,(H,22,23)/b17-12+. The van der Waals surface area contributed by atoms with Gasteiger partial charge in [0.2, 0.25) is 0 Å². The van der Waals surface area contributed by atoms with Gasteiger partial charge in [-0.05, 0) is 53.8 Å². The van der Waals surface area contributed by atoms with Gasteiger partial charge >= 0.3 is 0 Å². The van der Waals surface area contributed by atoms with Gasteiger partial charge in [0.25, 0.3) is 0 Å². The van der Waals surface area contributed by atoms with Crippen molar-refractivity contribution in [2.24, 2.45) is 0 Å². The van der Waals surface area contributed by atoms with Gasteiger partial charge < -0.3 is 4.74 Å². The van der Waals surface area contributed by atoms with Crippen molar-refractivity contribution >= 4 is 22.6 Å². The molecule has 3 nitrogen and oxygen atoms in total. The third-order valence-electron chi connectivity index (χ3n) is 4.16. The summed E-state index contributed by atoms with van der Waals surface area (Å²) in [5.74, 6) is 0.950. The highest BCUT2D eigenvalue weighted by Crippen LogP contribution is 2.26. The molecule has 0 saturated carbocycles. The highest BCUT2D eigenvalue weighted by molar-refractivity contribution is 5.86. The molecule has 24 heavy (non-hydrogen) atoms. The Morgan fingerprint density at radius 1 is 1.17 bits per heavy atom. The number of benzene rings is 2. The second-order valence-corrected chi connectivity index (χ2v) is 5.97. The fourth-order valence-corrected chi connectivity index (χ4v) is 2.76. The Balaban J connectivity index is 1.85. The lowest BCUT2D eigenvalue weighted by Gasteiger charge is -2.10. The van der Waals surface area contributed by atoms with Crippen LogP contribution in [0.5, 0.6) is 5.75 Å². The molecule has 2 aromatic carbocycles. The van der Waals surface area contributed by atoms with E-state index < -0.39 is 0 Å². The van der Waals surface area contributed by atoms with Crippen molar-refractivity contribution in [3.63, 3.8) is 0 Å². The summed E-state index contributed by atoms with van der Waals surface area (Å²) >= 11 is 0. The maximum Gasteiger partial charge on any atom is 0.119 e. The van der Waals surface area contributed by atoms with E-state index in [-0.39, 0.29) is 0 Å². The van der Waals surface area contributed by atoms with Crippen LogP contribution in [-0.4, -0.2) is 16.8 Å². The smallest absolute Gasteiger partial charge is 0.119 e. The third kappa shape index (κ3) is 3.85. The van der Waals surface area contributed by atoms with Crippen LogP contribution in [0.15, 0.2) is 48.7 Å². The molecule has 0 atom stereocenters. The topological polar surface area (TPSA) is 37.9 Å². The molecule has 3 heteroatoms. The van der Waals surface area contributed by atoms with Crippen LogP contribution in [0.25, 0.3) is 22.6 Å². The predicted octanol–water partition coefficient (Wildman–Crippen LogP) is 5.69. The molecule has 124 valence electrons. The Labute approximate surface area is 143 Å². The first-order valence-electron chi connectivity index (χ1n) is 8.67. The van der Waals surface area contributed by atoms with Crippen molar-refractivity contribution in [1.29, 1.82) is 0 Å². The Hall–Kier alpha value is -2.55. The van der Waals surface area contributed by atoms with Crippen molar-refractivity contribution in [1.82, 2.24) is 10.2 Å². The molecule has 0 radical (unpaired) electrons. The summed E-state index contributed by atoms with van der Waals surface area (Å²) in [5.41, 5.74) is 4.78. The number of H-pyrrole nitrogens is 1. The number of nitrogens with zero attached hydrogens (tertiary/aromatic N) is 1. The van der Waals surface area contributed by atoms with E-state index >= 15 is 0 Å². The van der Waals surface area contributed by atoms with Crippen molar-refractivity contribution in [3.8, 4) is 5.75 Å². The van der Waals surface area contributed by atoms with E-state index in [0.717, 1.165) is 42.5 Å². The van der Waals surface area contributed by atoms with Gasteiger partial charge in [0.15, 0.2) is 0 Å². The molecular weight excluding hydrogens is 296 g/mol. The predicted molar refractivity (Wildman–Crippen MR) is 101 cm³/mol. The van der Waals surface area contributed by atoms with Gasteiger partial charge in [0.1, 0.15) is 5.75 Å². The van der Waals surface area contributed by atoms with Crippen LogP contribution in [-0.2, 0) is 0 Å². The van der Waals surface area contributed by atoms with Gasteiger partial charge in [-0.1, -0.05) is 44.5 Å². The molecule has 1 N–H and O–H groups in total. The molecule has 0 spiro atoms. The van der Waals surface area contributed by atoms with Gasteiger partial charge in [0.05, 0.1) is 18.3 Å². The summed E-state index contributed by atoms with van der Waals surface area (Å²) in [6.07, 6.45) is 7.32. The summed E-state index contributed by atoms with van der Waals surface area (Å²) in [7, 11) is 0. The first-order valence-corrected chi connectivity index (χ1v) is 8.67. The lowest BCUT2D eigenvalue weighted by atomic mass is 10.00. The fraction of sp³-hybridized carbons (Fsp3) is 0.286. The zero-order chi connectivity index (χ0) is 16.8. The van der Waals surface area contributed by atoms with Gasteiger partial charge in [-0.3, -0.25) is 5.10 Å². The number of nitrogens with one attached hydrogen (secondary N) is 1. The molecule has 0 fully saturated rings. The van der Waals surface area contributed by atoms with Gasteiger partial charge in [0, 0.05) is 5.39 Å². The first kappa shape index (κ1) is 16.3. The van der Waals surface area contributed by atoms with E-state index in [4.69, 9.17) is 4.74 Å². The molecule has 0 saturated heterocycles. The molecule has 1 heterocycles. The number of hydrogen-bond acceptors (Lipinski definition) is 2. The molecule has 1 aromatic heterocycles. The largest absolute Gasteiger partial charge is 0.494 e. The summed E-state index contributed by atoms with van der Waals surface area (Å²) in [6, 6.07) is 14.8. The van der Waals surface area contributed by atoms with Crippen LogP contribution >= 0.6 is 0 Å². The minimum atomic E-state index is 0.780. The number of rotatable bonds is 7. The highest BCUT2D eigenvalue weighted by Gasteiger charge is 2.03. The van der Waals surface area contributed by atoms with E-state index in [1.54, 1.807) is 0 Å². The molecule has 0 aliphatic carbocycles. The van der Waals surface area contributed by atoms with Gasteiger partial charge in [-0.25, -0.2) is 0 Å². The zero-order valence-corrected chi connectivity index (χ0v) is 14.4. The van der Waals surface area contributed by atoms with E-state index in [9.17, 15) is 0 Å². The molecular formula is C21H24N2O. The van der Waals surface area contributed by atoms with Crippen LogP contribution in [0.2, 0.25) is 0 Å². The van der Waals surface area contributed by atoms with E-state index in [0.29, 0.717) is 0 Å². The normalized spacial score (nSPS) is 11.8. The third-order valence-corrected chi connectivity index (χ3v) is 4.16. The Bertz CT molecular complexity index is 832. The molecule has 0 aliphatic heterocycles. The minimum Gasteiger partial charge on any atom is -0.494 e. The summed E-state index contributed by atoms with van der Waals surface area (Å²) in [4.78, 5) is 0. The Morgan fingerprint density at radius 2 is 2.08 bits per heavy atom. The van der Waals surface area contributed by atoms with E-state index in [2.05, 4.69) is 66.5 Å². The number of fused-ring (bicyclic) bond motifs is 1. The number of ether oxygens (including phenoxy) is 1. The van der Waals surface area contributed by atoms with Crippen LogP contribution < -0.4 is 4.74 Å². The molecule has 0 amide bonds. The lowest BCUT2D eigenvalue weighted by molar-refractivity contribution is 0.309. The number of aromatic nitrogens is 2. The SMILES string of the molecule is CCCCOc1cccc(/C(=C/c2ccc3[nH]ncc3c2)CC)c1. The molecule has 3 aromatic rings. The fourth-order valence-electron chi connectivity index (χ4n) is 2.76. The second kappa shape index (κ2) is 7.82. The number of hydrogen-bond donors (Lipinski definition) is 1. The second-order valence-electron chi connectivity index (χ2n) is 5.97. The van der Waals surface area contributed by atoms with E-state index in [1.165, 1.54) is 16.7 Å². The number of aromatic amines is 1. The summed E-state index contributed by atoms with van der Waals surface area (Å²) < 4.78 is 5.84. The van der Waals surface area contributed by atoms with Gasteiger partial charge in [-0.15, -0.1) is 0 Å². The molecule has 0 aliphatic rings. The van der Waals surface area contributed by atoms with Crippen LogP contribution in [0.4, 0.5) is 0 Å². The molecule has 0 unspecified atom stereocenters. The highest BCUT2D eigenvalue weighted by atomic mass is 16.5. The number of allylic oxidation sites excluding steroid dienone is 1. The maximum absolute atomic E-state index is 5.84. The Kier molecular flexibility index (Phi) is 5.32. The van der Waals surface area contributed by atoms with Crippen molar-refractivity contribution in [2.45, 2.75) is 33.1 Å². The summed E-state index contributed by atoms with van der Waals surface area (Å²) in [6.45, 7) is 5.14. The lowest BCUT2D eigenvalue weighted by Crippen LogP contribution is -1.96. The van der Waals surface area contributed by atoms with Crippen LogP contribution in [0.1, 0.15) is 44.2 Å². The average Bonchev–Trinajstić information content (AvgIpc) is 3.08. The maximum atomic E-state index is 5.84. The molecule has 0 bridgehead atoms.